The molecular formula is C27H22Cl2FIN2O5S. The Kier molecular flexibility index (Phi) is 7.62. The number of nitrogens with zero attached hydrogens (tertiary/aromatic N) is 2. The van der Waals surface area contributed by atoms with Crippen molar-refractivity contribution >= 4 is 73.7 Å². The Morgan fingerprint density at radius 3 is 2.56 bits per heavy atom. The normalized spacial score (nSPS) is 21.4. The van der Waals surface area contributed by atoms with Gasteiger partial charge in [-0.05, 0) is 62.8 Å². The largest absolute Gasteiger partial charge is 0.391 e. The number of benzene rings is 2. The van der Waals surface area contributed by atoms with Gasteiger partial charge in [0.1, 0.15) is 22.1 Å². The van der Waals surface area contributed by atoms with Gasteiger partial charge in [-0.3, -0.25) is 0 Å². The molecule has 6 rings (SSSR count). The lowest BCUT2D eigenvalue weighted by atomic mass is 9.83. The molecule has 2 heterocycles. The van der Waals surface area contributed by atoms with Crippen LogP contribution < -0.4 is 0 Å². The molecule has 7 nitrogen and oxygen atoms in total. The summed E-state index contributed by atoms with van der Waals surface area (Å²) in [6.45, 7) is 0.289. The van der Waals surface area contributed by atoms with E-state index in [1.165, 1.54) is 29.1 Å². The van der Waals surface area contributed by atoms with Crippen LogP contribution in [-0.2, 0) is 20.0 Å². The third-order valence-electron chi connectivity index (χ3n) is 7.37. The Labute approximate surface area is 251 Å². The Hall–Kier alpha value is -1.83. The fourth-order valence-corrected chi connectivity index (χ4v) is 7.02. The molecule has 39 heavy (non-hydrogen) atoms. The van der Waals surface area contributed by atoms with Gasteiger partial charge in [0, 0.05) is 17.0 Å². The van der Waals surface area contributed by atoms with Gasteiger partial charge in [-0.2, -0.15) is 0 Å². The first-order valence-electron chi connectivity index (χ1n) is 12.5. The lowest BCUT2D eigenvalue weighted by Crippen LogP contribution is -2.34. The van der Waals surface area contributed by atoms with Gasteiger partial charge in [-0.25, -0.2) is 14.2 Å². The van der Waals surface area contributed by atoms with Gasteiger partial charge in [-0.15, -0.1) is 11.3 Å². The van der Waals surface area contributed by atoms with Gasteiger partial charge in [-0.1, -0.05) is 34.4 Å². The highest BCUT2D eigenvalue weighted by atomic mass is 127. The number of hydrogen-bond donors (Lipinski definition) is 1. The third-order valence-corrected chi connectivity index (χ3v) is 9.66. The van der Waals surface area contributed by atoms with Crippen LogP contribution in [0.3, 0.4) is 0 Å². The third kappa shape index (κ3) is 5.19. The Bertz CT molecular complexity index is 1550. The number of carbonyl (C=O) groups is 1. The first kappa shape index (κ1) is 27.3. The molecule has 0 saturated heterocycles. The quantitative estimate of drug-likeness (QED) is 0.194. The average Bonchev–Trinajstić information content (AvgIpc) is 3.53. The van der Waals surface area contributed by atoms with Gasteiger partial charge in [0.25, 0.3) is 0 Å². The van der Waals surface area contributed by atoms with Gasteiger partial charge < -0.3 is 17.4 Å². The number of halogens is 4. The van der Waals surface area contributed by atoms with E-state index in [0.29, 0.717) is 63.4 Å². The van der Waals surface area contributed by atoms with Crippen LogP contribution in [0.4, 0.5) is 4.39 Å². The van der Waals surface area contributed by atoms with Gasteiger partial charge in [0.15, 0.2) is 28.8 Å². The molecule has 12 heteroatoms. The summed E-state index contributed by atoms with van der Waals surface area (Å²) < 4.78 is 31.8. The topological polar surface area (TPSA) is 94.7 Å². The predicted octanol–water partition coefficient (Wildman–Crippen LogP) is 8.13. The zero-order valence-electron chi connectivity index (χ0n) is 20.4. The Morgan fingerprint density at radius 1 is 1.18 bits per heavy atom. The molecule has 2 saturated carbocycles. The zero-order chi connectivity index (χ0) is 27.3. The molecule has 0 atom stereocenters. The van der Waals surface area contributed by atoms with Crippen molar-refractivity contribution in [2.45, 2.75) is 62.8 Å². The van der Waals surface area contributed by atoms with Crippen molar-refractivity contribution in [3.05, 3.63) is 68.1 Å². The van der Waals surface area contributed by atoms with E-state index in [1.807, 2.05) is 0 Å². The SMILES string of the molecule is O=C(OI)c1ccc2nc(C3(O)CCC(OCc4c(-c5c(Cl)cccc5Cl)noc4C4CC4)CC3)sc2c1F. The average molecular weight is 703 g/mol. The van der Waals surface area contributed by atoms with E-state index in [9.17, 15) is 14.3 Å². The van der Waals surface area contributed by atoms with Crippen LogP contribution in [-0.4, -0.2) is 27.3 Å². The van der Waals surface area contributed by atoms with Crippen LogP contribution >= 0.6 is 57.5 Å². The number of hydrogen-bond acceptors (Lipinski definition) is 8. The Balaban J connectivity index is 1.17. The maximum atomic E-state index is 14.9. The maximum absolute atomic E-state index is 14.9. The predicted molar refractivity (Wildman–Crippen MR) is 154 cm³/mol. The van der Waals surface area contributed by atoms with Crippen LogP contribution in [0.1, 0.15) is 71.1 Å². The molecule has 1 N–H and O–H groups in total. The molecule has 2 fully saturated rings. The summed E-state index contributed by atoms with van der Waals surface area (Å²) >= 11 is 15.4. The highest BCUT2D eigenvalue weighted by molar-refractivity contribution is 14.1. The van der Waals surface area contributed by atoms with E-state index in [-0.39, 0.29) is 23.0 Å². The first-order valence-corrected chi connectivity index (χ1v) is 14.9. The molecule has 0 unspecified atom stereocenters. The van der Waals surface area contributed by atoms with Crippen LogP contribution in [0.25, 0.3) is 21.5 Å². The number of aromatic nitrogens is 2. The van der Waals surface area contributed by atoms with Crippen molar-refractivity contribution in [3.63, 3.8) is 0 Å². The molecule has 0 amide bonds. The fourth-order valence-electron chi connectivity index (χ4n) is 5.06. The summed E-state index contributed by atoms with van der Waals surface area (Å²) in [4.78, 5) is 16.4. The number of fused-ring (bicyclic) bond motifs is 1. The molecule has 2 aliphatic rings. The molecular weight excluding hydrogens is 681 g/mol. The summed E-state index contributed by atoms with van der Waals surface area (Å²) in [6, 6.07) is 8.24. The van der Waals surface area contributed by atoms with E-state index in [4.69, 9.17) is 32.5 Å². The zero-order valence-corrected chi connectivity index (χ0v) is 24.9. The molecule has 2 aromatic heterocycles. The van der Waals surface area contributed by atoms with Crippen molar-refractivity contribution in [3.8, 4) is 11.3 Å². The number of ether oxygens (including phenoxy) is 1. The number of carbonyl (C=O) groups excluding carboxylic acids is 1. The van der Waals surface area contributed by atoms with Crippen LogP contribution in [0.5, 0.6) is 0 Å². The standard InChI is InChI=1S/C27H22Cl2FIN2O5S/c28-17-2-1-3-18(29)20(17)22-16(23(38-33-22)13-4-5-13)12-36-14-8-10-27(35,11-9-14)26-32-19-7-6-15(25(34)37-31)21(30)24(19)39-26/h1-3,6-7,13-14,35H,4-5,8-12H2. The van der Waals surface area contributed by atoms with Crippen molar-refractivity contribution in [2.75, 3.05) is 0 Å². The number of rotatable bonds is 7. The Morgan fingerprint density at radius 2 is 1.90 bits per heavy atom. The number of aliphatic hydroxyl groups is 1. The molecule has 0 radical (unpaired) electrons. The second-order valence-electron chi connectivity index (χ2n) is 9.95. The smallest absolute Gasteiger partial charge is 0.350 e. The summed E-state index contributed by atoms with van der Waals surface area (Å²) in [6.07, 6.45) is 3.98. The second kappa shape index (κ2) is 10.9. The summed E-state index contributed by atoms with van der Waals surface area (Å²) in [7, 11) is 0. The lowest BCUT2D eigenvalue weighted by Gasteiger charge is -2.34. The van der Waals surface area contributed by atoms with Crippen molar-refractivity contribution in [1.82, 2.24) is 10.1 Å². The van der Waals surface area contributed by atoms with Crippen LogP contribution in [0, 0.1) is 5.82 Å². The molecule has 0 aliphatic heterocycles. The highest BCUT2D eigenvalue weighted by Crippen LogP contribution is 2.47. The fraction of sp³-hybridized carbons (Fsp3) is 0.370. The second-order valence-corrected chi connectivity index (χ2v) is 12.2. The van der Waals surface area contributed by atoms with Gasteiger partial charge in [0.2, 0.25) is 0 Å². The van der Waals surface area contributed by atoms with Crippen molar-refractivity contribution in [2.24, 2.45) is 0 Å². The van der Waals surface area contributed by atoms with Crippen molar-refractivity contribution < 1.29 is 26.6 Å². The molecule has 4 aromatic rings. The monoisotopic (exact) mass is 702 g/mol. The van der Waals surface area contributed by atoms with Crippen LogP contribution in [0.15, 0.2) is 34.9 Å². The van der Waals surface area contributed by atoms with E-state index < -0.39 is 17.4 Å². The minimum absolute atomic E-state index is 0.0991. The van der Waals surface area contributed by atoms with E-state index in [0.717, 1.165) is 35.5 Å². The van der Waals surface area contributed by atoms with Gasteiger partial charge >= 0.3 is 5.97 Å². The van der Waals surface area contributed by atoms with E-state index >= 15 is 0 Å². The van der Waals surface area contributed by atoms with E-state index in [1.54, 1.807) is 24.3 Å². The molecule has 2 aromatic carbocycles. The summed E-state index contributed by atoms with van der Waals surface area (Å²) in [5.74, 6) is -0.316. The molecule has 0 bridgehead atoms. The van der Waals surface area contributed by atoms with Crippen LogP contribution in [0.2, 0.25) is 10.0 Å². The van der Waals surface area contributed by atoms with Gasteiger partial charge in [0.05, 0.1) is 38.5 Å². The minimum atomic E-state index is -1.20. The summed E-state index contributed by atoms with van der Waals surface area (Å²) in [5.41, 5.74) is 1.12. The van der Waals surface area contributed by atoms with E-state index in [2.05, 4.69) is 13.2 Å². The maximum Gasteiger partial charge on any atom is 0.350 e. The summed E-state index contributed by atoms with van der Waals surface area (Å²) in [5, 5.41) is 17.2. The molecule has 0 spiro atoms. The molecule has 204 valence electrons. The minimum Gasteiger partial charge on any atom is -0.391 e. The molecule has 2 aliphatic carbocycles. The lowest BCUT2D eigenvalue weighted by molar-refractivity contribution is -0.0640. The van der Waals surface area contributed by atoms with Crippen molar-refractivity contribution in [1.29, 1.82) is 0 Å². The highest BCUT2D eigenvalue weighted by Gasteiger charge is 2.39. The first-order chi connectivity index (χ1) is 18.8. The number of thiazole rings is 1.